The average Bonchev–Trinajstić information content (AvgIpc) is 3.46. The Balaban J connectivity index is 1.35. The van der Waals surface area contributed by atoms with Crippen molar-refractivity contribution >= 4 is 78.6 Å². The SMILES string of the molecule is CC[Si](CCSCC1CS1)(CCSCC1CS1)CCSCC1CS1. The van der Waals surface area contributed by atoms with E-state index >= 15 is 0 Å². The summed E-state index contributed by atoms with van der Waals surface area (Å²) in [6.07, 6.45) is 0. The highest BCUT2D eigenvalue weighted by molar-refractivity contribution is 8.09. The molecule has 3 heterocycles. The summed E-state index contributed by atoms with van der Waals surface area (Å²) >= 11 is 13.3. The van der Waals surface area contributed by atoms with Gasteiger partial charge in [-0.2, -0.15) is 70.6 Å². The summed E-state index contributed by atoms with van der Waals surface area (Å²) in [5.74, 6) is 13.0. The predicted molar refractivity (Wildman–Crippen MR) is 131 cm³/mol. The zero-order chi connectivity index (χ0) is 16.7. The fourth-order valence-electron chi connectivity index (χ4n) is 2.91. The maximum Gasteiger partial charge on any atom is 0.0557 e. The highest BCUT2D eigenvalue weighted by Crippen LogP contribution is 2.38. The molecule has 3 unspecified atom stereocenters. The van der Waals surface area contributed by atoms with Crippen LogP contribution in [0.1, 0.15) is 6.92 Å². The fourth-order valence-corrected chi connectivity index (χ4v) is 16.5. The maximum absolute atomic E-state index is 2.52. The van der Waals surface area contributed by atoms with Gasteiger partial charge in [0.2, 0.25) is 0 Å². The number of hydrogen-bond acceptors (Lipinski definition) is 6. The molecule has 3 saturated heterocycles. The topological polar surface area (TPSA) is 0 Å². The average molecular weight is 457 g/mol. The molecular weight excluding hydrogens is 425 g/mol. The van der Waals surface area contributed by atoms with Crippen LogP contribution in [0, 0.1) is 0 Å². The van der Waals surface area contributed by atoms with E-state index in [1.54, 1.807) is 18.1 Å². The van der Waals surface area contributed by atoms with Gasteiger partial charge in [-0.1, -0.05) is 13.0 Å². The quantitative estimate of drug-likeness (QED) is 0.157. The second kappa shape index (κ2) is 11.4. The molecule has 3 rings (SSSR count). The van der Waals surface area contributed by atoms with E-state index in [2.05, 4.69) is 77.5 Å². The highest BCUT2D eigenvalue weighted by Gasteiger charge is 2.31. The van der Waals surface area contributed by atoms with Crippen molar-refractivity contribution in [3.05, 3.63) is 0 Å². The third kappa shape index (κ3) is 9.00. The van der Waals surface area contributed by atoms with Crippen LogP contribution in [0.5, 0.6) is 0 Å². The predicted octanol–water partition coefficient (Wildman–Crippen LogP) is 6.00. The standard InChI is InChI=1S/C17H32S6Si/c1-2-24(6-3-18-9-15-12-21-15,7-4-19-10-16-13-22-16)8-5-20-11-17-14-23-17/h15-17H,2-14H2,1H3. The summed E-state index contributed by atoms with van der Waals surface area (Å²) in [4.78, 5) is 0. The van der Waals surface area contributed by atoms with Crippen molar-refractivity contribution < 1.29 is 0 Å². The van der Waals surface area contributed by atoms with Gasteiger partial charge in [0.25, 0.3) is 0 Å². The van der Waals surface area contributed by atoms with Gasteiger partial charge in [-0.25, -0.2) is 0 Å². The Bertz CT molecular complexity index is 307. The van der Waals surface area contributed by atoms with E-state index in [1.807, 2.05) is 0 Å². The first-order valence-electron chi connectivity index (χ1n) is 9.38. The molecule has 3 aliphatic heterocycles. The van der Waals surface area contributed by atoms with Gasteiger partial charge in [0, 0.05) is 50.3 Å². The van der Waals surface area contributed by atoms with Gasteiger partial charge in [0.05, 0.1) is 8.07 Å². The number of rotatable bonds is 16. The lowest BCUT2D eigenvalue weighted by Gasteiger charge is -2.31. The van der Waals surface area contributed by atoms with Crippen molar-refractivity contribution in [3.8, 4) is 0 Å². The summed E-state index contributed by atoms with van der Waals surface area (Å²) < 4.78 is 0. The van der Waals surface area contributed by atoms with Gasteiger partial charge in [-0.15, -0.1) is 0 Å². The largest absolute Gasteiger partial charge is 0.161 e. The third-order valence-electron chi connectivity index (χ3n) is 5.20. The van der Waals surface area contributed by atoms with Crippen LogP contribution in [0.15, 0.2) is 0 Å². The molecule has 0 aromatic heterocycles. The Morgan fingerprint density at radius 1 is 0.708 bits per heavy atom. The van der Waals surface area contributed by atoms with Crippen LogP contribution < -0.4 is 0 Å². The molecular formula is C17H32S6Si. The molecule has 0 radical (unpaired) electrons. The second-order valence-corrected chi connectivity index (χ2v) is 19.9. The smallest absolute Gasteiger partial charge is 0.0557 e. The molecule has 24 heavy (non-hydrogen) atoms. The van der Waals surface area contributed by atoms with E-state index in [1.165, 1.54) is 57.8 Å². The molecule has 0 spiro atoms. The highest BCUT2D eigenvalue weighted by atomic mass is 32.2. The van der Waals surface area contributed by atoms with Crippen molar-refractivity contribution in [2.75, 3.05) is 51.8 Å². The molecule has 3 atom stereocenters. The molecule has 0 amide bonds. The molecule has 7 heteroatoms. The van der Waals surface area contributed by atoms with E-state index in [0.717, 1.165) is 15.7 Å². The molecule has 140 valence electrons. The molecule has 3 fully saturated rings. The van der Waals surface area contributed by atoms with Gasteiger partial charge >= 0.3 is 0 Å². The van der Waals surface area contributed by atoms with Gasteiger partial charge < -0.3 is 0 Å². The summed E-state index contributed by atoms with van der Waals surface area (Å²) in [7, 11) is -1.01. The summed E-state index contributed by atoms with van der Waals surface area (Å²) in [5, 5.41) is 3.06. The van der Waals surface area contributed by atoms with Gasteiger partial charge in [-0.3, -0.25) is 0 Å². The molecule has 0 aromatic carbocycles. The maximum atomic E-state index is 2.52. The van der Waals surface area contributed by atoms with Crippen LogP contribution >= 0.6 is 70.6 Å². The van der Waals surface area contributed by atoms with Gasteiger partial charge in [0.1, 0.15) is 0 Å². The van der Waals surface area contributed by atoms with Crippen molar-refractivity contribution in [1.29, 1.82) is 0 Å². The Hall–Kier alpha value is 2.32. The summed E-state index contributed by atoms with van der Waals surface area (Å²) in [6.45, 7) is 2.52. The first-order chi connectivity index (χ1) is 11.8. The minimum Gasteiger partial charge on any atom is -0.161 e. The first-order valence-corrected chi connectivity index (χ1v) is 18.8. The normalized spacial score (nSPS) is 30.1. The van der Waals surface area contributed by atoms with Crippen LogP contribution in [0.2, 0.25) is 24.2 Å². The van der Waals surface area contributed by atoms with Crippen LogP contribution in [0.4, 0.5) is 0 Å². The minimum absolute atomic E-state index is 1.01. The molecule has 0 bridgehead atoms. The van der Waals surface area contributed by atoms with Crippen molar-refractivity contribution in [2.45, 2.75) is 46.8 Å². The van der Waals surface area contributed by atoms with E-state index < -0.39 is 8.07 Å². The van der Waals surface area contributed by atoms with Crippen molar-refractivity contribution in [3.63, 3.8) is 0 Å². The first kappa shape index (κ1) is 21.0. The Kier molecular flexibility index (Phi) is 9.95. The number of thioether (sulfide) groups is 6. The van der Waals surface area contributed by atoms with Crippen LogP contribution in [0.25, 0.3) is 0 Å². The molecule has 0 nitrogen and oxygen atoms in total. The van der Waals surface area contributed by atoms with Crippen LogP contribution in [-0.2, 0) is 0 Å². The Morgan fingerprint density at radius 2 is 1.04 bits per heavy atom. The second-order valence-electron chi connectivity index (χ2n) is 7.19. The van der Waals surface area contributed by atoms with Crippen LogP contribution in [0.3, 0.4) is 0 Å². The van der Waals surface area contributed by atoms with E-state index in [9.17, 15) is 0 Å². The van der Waals surface area contributed by atoms with Crippen molar-refractivity contribution in [1.82, 2.24) is 0 Å². The third-order valence-corrected chi connectivity index (χ3v) is 18.7. The van der Waals surface area contributed by atoms with Gasteiger partial charge in [-0.05, 0) is 35.4 Å². The minimum atomic E-state index is -1.01. The zero-order valence-electron chi connectivity index (χ0n) is 14.9. The monoisotopic (exact) mass is 456 g/mol. The molecule has 0 aromatic rings. The van der Waals surface area contributed by atoms with E-state index in [0.29, 0.717) is 0 Å². The van der Waals surface area contributed by atoms with Crippen LogP contribution in [-0.4, -0.2) is 75.6 Å². The summed E-state index contributed by atoms with van der Waals surface area (Å²) in [5.41, 5.74) is 0. The van der Waals surface area contributed by atoms with E-state index in [4.69, 9.17) is 0 Å². The van der Waals surface area contributed by atoms with Crippen molar-refractivity contribution in [2.24, 2.45) is 0 Å². The Labute approximate surface area is 176 Å². The van der Waals surface area contributed by atoms with E-state index in [-0.39, 0.29) is 0 Å². The molecule has 0 saturated carbocycles. The molecule has 3 aliphatic rings. The molecule has 0 N–H and O–H groups in total. The van der Waals surface area contributed by atoms with Gasteiger partial charge in [0.15, 0.2) is 0 Å². The zero-order valence-corrected chi connectivity index (χ0v) is 20.8. The number of hydrogen-bond donors (Lipinski definition) is 0. The lowest BCUT2D eigenvalue weighted by molar-refractivity contribution is 1.12. The lowest BCUT2D eigenvalue weighted by Crippen LogP contribution is -2.35. The Morgan fingerprint density at radius 3 is 1.29 bits per heavy atom. The summed E-state index contributed by atoms with van der Waals surface area (Å²) in [6, 6.07) is 6.33. The molecule has 0 aliphatic carbocycles. The fraction of sp³-hybridized carbons (Fsp3) is 1.00. The lowest BCUT2D eigenvalue weighted by atomic mass is 10.6.